The van der Waals surface area contributed by atoms with Crippen LogP contribution >= 0.6 is 0 Å². The number of aryl methyl sites for hydroxylation is 1. The van der Waals surface area contributed by atoms with Gasteiger partial charge in [0.15, 0.2) is 0 Å². The molecule has 1 unspecified atom stereocenters. The molecular formula is C31H34N2O7. The summed E-state index contributed by atoms with van der Waals surface area (Å²) in [6.45, 7) is 2.16. The number of allylic oxidation sites excluding steroid dienone is 3. The quantitative estimate of drug-likeness (QED) is 0.550. The summed E-state index contributed by atoms with van der Waals surface area (Å²) in [4.78, 5) is 51.5. The van der Waals surface area contributed by atoms with Crippen molar-refractivity contribution in [1.29, 1.82) is 0 Å². The van der Waals surface area contributed by atoms with Gasteiger partial charge in [0, 0.05) is 12.8 Å². The number of carbonyl (C=O) groups excluding carboxylic acids is 4. The third-order valence-corrected chi connectivity index (χ3v) is 6.94. The normalized spacial score (nSPS) is 21.2. The van der Waals surface area contributed by atoms with Crippen molar-refractivity contribution in [3.8, 4) is 11.5 Å². The standard InChI is InChI=1S/C31H34N2O7/c1-20-6-3-4-8-23(20)19-39-31(37)27-17-22-10-13-24(14-11-22)40-25-9-5-7-21(16-25)12-15-28(34)32-26(30(36)33-27)18-29(35)38-2/h3-5,7-11,13-14,16,20,26-27H,6,12,15,17-19H2,1-2H3,(H,32,34)(H,33,36)/t20?,26-,27-/m0/s1. The van der Waals surface area contributed by atoms with E-state index in [9.17, 15) is 19.2 Å². The maximum Gasteiger partial charge on any atom is 0.329 e. The van der Waals surface area contributed by atoms with E-state index in [2.05, 4.69) is 23.6 Å². The van der Waals surface area contributed by atoms with Crippen LogP contribution in [0.25, 0.3) is 0 Å². The van der Waals surface area contributed by atoms with E-state index in [1.165, 1.54) is 7.11 Å². The zero-order valence-corrected chi connectivity index (χ0v) is 22.7. The molecule has 3 aliphatic rings. The average molecular weight is 547 g/mol. The summed E-state index contributed by atoms with van der Waals surface area (Å²) in [5, 5.41) is 5.33. The Morgan fingerprint density at radius 3 is 2.55 bits per heavy atom. The Labute approximate surface area is 233 Å². The summed E-state index contributed by atoms with van der Waals surface area (Å²) < 4.78 is 16.3. The van der Waals surface area contributed by atoms with Crippen LogP contribution in [0.2, 0.25) is 0 Å². The highest BCUT2D eigenvalue weighted by Gasteiger charge is 2.30. The molecule has 2 amide bonds. The Morgan fingerprint density at radius 2 is 1.80 bits per heavy atom. The van der Waals surface area contributed by atoms with Gasteiger partial charge in [-0.3, -0.25) is 14.4 Å². The number of rotatable bonds is 5. The number of nitrogens with one attached hydrogen (secondary N) is 2. The van der Waals surface area contributed by atoms with Crippen molar-refractivity contribution in [2.24, 2.45) is 5.92 Å². The van der Waals surface area contributed by atoms with Gasteiger partial charge in [0.25, 0.3) is 0 Å². The van der Waals surface area contributed by atoms with Crippen LogP contribution in [0.5, 0.6) is 11.5 Å². The maximum absolute atomic E-state index is 13.3. The van der Waals surface area contributed by atoms with E-state index in [-0.39, 0.29) is 31.8 Å². The third kappa shape index (κ3) is 8.05. The van der Waals surface area contributed by atoms with E-state index < -0.39 is 35.8 Å². The molecule has 2 aromatic carbocycles. The molecule has 0 aromatic heterocycles. The number of methoxy groups -OCH3 is 1. The Kier molecular flexibility index (Phi) is 9.72. The topological polar surface area (TPSA) is 120 Å². The Balaban J connectivity index is 1.60. The molecule has 0 radical (unpaired) electrons. The van der Waals surface area contributed by atoms with Gasteiger partial charge < -0.3 is 24.8 Å². The molecule has 2 aliphatic heterocycles. The maximum atomic E-state index is 13.3. The molecule has 3 atom stereocenters. The van der Waals surface area contributed by atoms with E-state index >= 15 is 0 Å². The molecule has 2 heterocycles. The molecule has 9 heteroatoms. The second-order valence-electron chi connectivity index (χ2n) is 9.97. The molecule has 9 nitrogen and oxygen atoms in total. The van der Waals surface area contributed by atoms with Gasteiger partial charge in [-0.1, -0.05) is 49.4 Å². The van der Waals surface area contributed by atoms with Crippen molar-refractivity contribution in [1.82, 2.24) is 10.6 Å². The van der Waals surface area contributed by atoms with Gasteiger partial charge in [-0.25, -0.2) is 4.79 Å². The first-order valence-corrected chi connectivity index (χ1v) is 13.3. The lowest BCUT2D eigenvalue weighted by Crippen LogP contribution is -2.53. The average Bonchev–Trinajstić information content (AvgIpc) is 2.95. The van der Waals surface area contributed by atoms with Crippen LogP contribution in [-0.4, -0.2) is 49.6 Å². The Bertz CT molecular complexity index is 1300. The van der Waals surface area contributed by atoms with E-state index in [4.69, 9.17) is 14.2 Å². The molecule has 4 bridgehead atoms. The molecule has 0 fully saturated rings. The van der Waals surface area contributed by atoms with E-state index in [1.807, 2.05) is 48.6 Å². The lowest BCUT2D eigenvalue weighted by Gasteiger charge is -2.23. The number of fused-ring (bicyclic) bond motifs is 10. The number of hydrogen-bond acceptors (Lipinski definition) is 7. The predicted molar refractivity (Wildman–Crippen MR) is 147 cm³/mol. The van der Waals surface area contributed by atoms with Crippen LogP contribution < -0.4 is 15.4 Å². The van der Waals surface area contributed by atoms with Crippen molar-refractivity contribution in [2.75, 3.05) is 13.7 Å². The molecular weight excluding hydrogens is 512 g/mol. The molecule has 1 aliphatic carbocycles. The summed E-state index contributed by atoms with van der Waals surface area (Å²) in [7, 11) is 1.20. The van der Waals surface area contributed by atoms with Gasteiger partial charge >= 0.3 is 11.9 Å². The summed E-state index contributed by atoms with van der Waals surface area (Å²) in [6.07, 6.45) is 7.00. The van der Waals surface area contributed by atoms with Crippen molar-refractivity contribution in [3.05, 3.63) is 83.5 Å². The SMILES string of the molecule is COC(=O)C[C@@H]1NC(=O)CCc2cccc(c2)Oc2ccc(cc2)C[C@@H](C(=O)OCC2=CC=CCC2C)NC1=O. The second-order valence-corrected chi connectivity index (χ2v) is 9.97. The molecule has 0 saturated heterocycles. The molecule has 210 valence electrons. The number of benzene rings is 2. The van der Waals surface area contributed by atoms with Gasteiger partial charge in [0.2, 0.25) is 11.8 Å². The molecule has 0 spiro atoms. The van der Waals surface area contributed by atoms with Crippen LogP contribution in [0.3, 0.4) is 0 Å². The zero-order valence-electron chi connectivity index (χ0n) is 22.7. The Hall–Kier alpha value is -4.40. The highest BCUT2D eigenvalue weighted by Crippen LogP contribution is 2.24. The minimum Gasteiger partial charge on any atom is -0.469 e. The van der Waals surface area contributed by atoms with Gasteiger partial charge in [-0.2, -0.15) is 0 Å². The molecule has 2 aromatic rings. The minimum absolute atomic E-state index is 0.0793. The van der Waals surface area contributed by atoms with Crippen LogP contribution in [0.1, 0.15) is 37.3 Å². The van der Waals surface area contributed by atoms with Crippen molar-refractivity contribution >= 4 is 23.8 Å². The largest absolute Gasteiger partial charge is 0.469 e. The molecule has 40 heavy (non-hydrogen) atoms. The van der Waals surface area contributed by atoms with Crippen LogP contribution in [0.15, 0.2) is 72.3 Å². The highest BCUT2D eigenvalue weighted by atomic mass is 16.5. The van der Waals surface area contributed by atoms with Gasteiger partial charge in [-0.05, 0) is 59.7 Å². The number of ether oxygens (including phenoxy) is 3. The fourth-order valence-corrected chi connectivity index (χ4v) is 4.51. The second kappa shape index (κ2) is 13.6. The van der Waals surface area contributed by atoms with Gasteiger partial charge in [0.1, 0.15) is 30.2 Å². The number of esters is 2. The van der Waals surface area contributed by atoms with E-state index in [0.717, 1.165) is 23.1 Å². The van der Waals surface area contributed by atoms with Gasteiger partial charge in [0.05, 0.1) is 13.5 Å². The summed E-state index contributed by atoms with van der Waals surface area (Å²) in [6, 6.07) is 12.3. The minimum atomic E-state index is -1.23. The first-order chi connectivity index (χ1) is 19.3. The van der Waals surface area contributed by atoms with Crippen LogP contribution in [0.4, 0.5) is 0 Å². The van der Waals surface area contributed by atoms with Crippen molar-refractivity contribution < 1.29 is 33.4 Å². The summed E-state index contributed by atoms with van der Waals surface area (Å²) in [5.74, 6) is -0.919. The lowest BCUT2D eigenvalue weighted by atomic mass is 9.94. The summed E-state index contributed by atoms with van der Waals surface area (Å²) in [5.41, 5.74) is 2.62. The highest BCUT2D eigenvalue weighted by molar-refractivity contribution is 5.93. The number of amides is 2. The fourth-order valence-electron chi connectivity index (χ4n) is 4.51. The summed E-state index contributed by atoms with van der Waals surface area (Å²) >= 11 is 0. The fraction of sp³-hybridized carbons (Fsp3) is 0.355. The number of carbonyl (C=O) groups is 4. The van der Waals surface area contributed by atoms with Crippen molar-refractivity contribution in [2.45, 2.75) is 51.1 Å². The molecule has 5 rings (SSSR count). The Morgan fingerprint density at radius 1 is 1.00 bits per heavy atom. The van der Waals surface area contributed by atoms with Crippen LogP contribution in [0, 0.1) is 5.92 Å². The predicted octanol–water partition coefficient (Wildman–Crippen LogP) is 3.57. The zero-order chi connectivity index (χ0) is 28.5. The smallest absolute Gasteiger partial charge is 0.329 e. The monoisotopic (exact) mass is 546 g/mol. The van der Waals surface area contributed by atoms with E-state index in [1.54, 1.807) is 12.1 Å². The first-order valence-electron chi connectivity index (χ1n) is 13.3. The van der Waals surface area contributed by atoms with Crippen molar-refractivity contribution in [3.63, 3.8) is 0 Å². The molecule has 2 N–H and O–H groups in total. The number of hydrogen-bond donors (Lipinski definition) is 2. The third-order valence-electron chi connectivity index (χ3n) is 6.94. The van der Waals surface area contributed by atoms with Crippen LogP contribution in [-0.2, 0) is 41.5 Å². The van der Waals surface area contributed by atoms with Gasteiger partial charge in [-0.15, -0.1) is 0 Å². The van der Waals surface area contributed by atoms with E-state index in [0.29, 0.717) is 17.9 Å². The first kappa shape index (κ1) is 28.6. The lowest BCUT2D eigenvalue weighted by molar-refractivity contribution is -0.147. The molecule has 0 saturated carbocycles.